The average Bonchev–Trinajstić information content (AvgIpc) is 3.16. The summed E-state index contributed by atoms with van der Waals surface area (Å²) in [5.74, 6) is 0.815. The lowest BCUT2D eigenvalue weighted by Crippen LogP contribution is -2.42. The van der Waals surface area contributed by atoms with Crippen LogP contribution in [0.4, 0.5) is 0 Å². The molecule has 5 nitrogen and oxygen atoms in total. The fourth-order valence-electron chi connectivity index (χ4n) is 2.91. The molecule has 2 heterocycles. The normalized spacial score (nSPS) is 16.1. The maximum atomic E-state index is 12.6. The molecule has 1 unspecified atom stereocenters. The Balaban J connectivity index is 1.48. The number of amides is 1. The van der Waals surface area contributed by atoms with Crippen molar-refractivity contribution in [1.82, 2.24) is 14.9 Å². The van der Waals surface area contributed by atoms with Gasteiger partial charge in [-0.15, -0.1) is 0 Å². The molecule has 0 aliphatic carbocycles. The molecule has 1 aliphatic rings. The number of para-hydroxylation sites is 1. The highest BCUT2D eigenvalue weighted by Gasteiger charge is 2.21. The Morgan fingerprint density at radius 1 is 1.21 bits per heavy atom. The molecular formula is C19H17N3O2. The number of carbonyl (C=O) groups excluding carboxylic acids is 1. The summed E-state index contributed by atoms with van der Waals surface area (Å²) in [4.78, 5) is 16.6. The number of fused-ring (bicyclic) bond motifs is 1. The van der Waals surface area contributed by atoms with Crippen LogP contribution >= 0.6 is 0 Å². The van der Waals surface area contributed by atoms with Crippen LogP contribution in [0.25, 0.3) is 5.69 Å². The molecule has 0 radical (unpaired) electrons. The standard InChI is InChI=1S/C19H17N3O2/c23-19(15-5-3-6-17(11-15)22-9-8-20-13-22)21-16-10-14-4-1-2-7-18(14)24-12-16/h1-9,11,13,16H,10,12H2,(H,21,23). The number of aromatic nitrogens is 2. The van der Waals surface area contributed by atoms with Crippen LogP contribution in [0.5, 0.6) is 5.75 Å². The average molecular weight is 319 g/mol. The van der Waals surface area contributed by atoms with Gasteiger partial charge in [0.05, 0.1) is 12.4 Å². The van der Waals surface area contributed by atoms with Gasteiger partial charge in [0.15, 0.2) is 0 Å². The van der Waals surface area contributed by atoms with E-state index < -0.39 is 0 Å². The van der Waals surface area contributed by atoms with Gasteiger partial charge in [0, 0.05) is 23.6 Å². The van der Waals surface area contributed by atoms with Crippen molar-refractivity contribution in [3.63, 3.8) is 0 Å². The second-order valence-electron chi connectivity index (χ2n) is 5.81. The third kappa shape index (κ3) is 2.88. The molecule has 0 saturated carbocycles. The van der Waals surface area contributed by atoms with E-state index in [0.717, 1.165) is 23.4 Å². The number of hydrogen-bond donors (Lipinski definition) is 1. The highest BCUT2D eigenvalue weighted by molar-refractivity contribution is 5.95. The van der Waals surface area contributed by atoms with Crippen LogP contribution in [-0.4, -0.2) is 28.1 Å². The van der Waals surface area contributed by atoms with Gasteiger partial charge >= 0.3 is 0 Å². The van der Waals surface area contributed by atoms with Crippen molar-refractivity contribution in [2.45, 2.75) is 12.5 Å². The monoisotopic (exact) mass is 319 g/mol. The quantitative estimate of drug-likeness (QED) is 0.807. The SMILES string of the molecule is O=C(NC1COc2ccccc2C1)c1cccc(-n2ccnc2)c1. The minimum absolute atomic E-state index is 0.0238. The summed E-state index contributed by atoms with van der Waals surface area (Å²) in [6.07, 6.45) is 6.05. The van der Waals surface area contributed by atoms with E-state index >= 15 is 0 Å². The molecule has 0 fully saturated rings. The Labute approximate surface area is 139 Å². The molecule has 5 heteroatoms. The molecule has 1 atom stereocenters. The van der Waals surface area contributed by atoms with Crippen LogP contribution in [0.1, 0.15) is 15.9 Å². The third-order valence-electron chi connectivity index (χ3n) is 4.13. The van der Waals surface area contributed by atoms with Gasteiger partial charge in [0.25, 0.3) is 5.91 Å². The van der Waals surface area contributed by atoms with Gasteiger partial charge in [-0.3, -0.25) is 4.79 Å². The zero-order valence-electron chi connectivity index (χ0n) is 13.1. The molecule has 0 saturated heterocycles. The molecule has 1 aliphatic heterocycles. The van der Waals surface area contributed by atoms with Gasteiger partial charge in [-0.2, -0.15) is 0 Å². The van der Waals surface area contributed by atoms with E-state index in [1.54, 1.807) is 12.5 Å². The van der Waals surface area contributed by atoms with E-state index in [2.05, 4.69) is 10.3 Å². The Bertz CT molecular complexity index is 859. The summed E-state index contributed by atoms with van der Waals surface area (Å²) in [6.45, 7) is 0.490. The molecule has 1 aromatic heterocycles. The lowest BCUT2D eigenvalue weighted by atomic mass is 10.0. The molecule has 1 N–H and O–H groups in total. The van der Waals surface area contributed by atoms with E-state index in [4.69, 9.17) is 4.74 Å². The molecule has 0 bridgehead atoms. The first-order chi connectivity index (χ1) is 11.8. The second-order valence-corrected chi connectivity index (χ2v) is 5.81. The van der Waals surface area contributed by atoms with Crippen molar-refractivity contribution >= 4 is 5.91 Å². The van der Waals surface area contributed by atoms with E-state index in [1.165, 1.54) is 0 Å². The molecule has 120 valence electrons. The maximum Gasteiger partial charge on any atom is 0.251 e. The molecule has 24 heavy (non-hydrogen) atoms. The molecular weight excluding hydrogens is 302 g/mol. The second kappa shape index (κ2) is 6.20. The van der Waals surface area contributed by atoms with Crippen LogP contribution in [0.3, 0.4) is 0 Å². The van der Waals surface area contributed by atoms with Crippen molar-refractivity contribution in [2.24, 2.45) is 0 Å². The summed E-state index contributed by atoms with van der Waals surface area (Å²) in [5, 5.41) is 3.06. The number of rotatable bonds is 3. The van der Waals surface area contributed by atoms with Crippen LogP contribution in [0, 0.1) is 0 Å². The van der Waals surface area contributed by atoms with Crippen molar-refractivity contribution < 1.29 is 9.53 Å². The molecule has 4 rings (SSSR count). The minimum Gasteiger partial charge on any atom is -0.491 e. The zero-order valence-corrected chi connectivity index (χ0v) is 13.1. The number of carbonyl (C=O) groups is 1. The lowest BCUT2D eigenvalue weighted by molar-refractivity contribution is 0.0915. The van der Waals surface area contributed by atoms with Crippen molar-refractivity contribution in [3.8, 4) is 11.4 Å². The first kappa shape index (κ1) is 14.5. The lowest BCUT2D eigenvalue weighted by Gasteiger charge is -2.26. The Morgan fingerprint density at radius 2 is 2.12 bits per heavy atom. The predicted molar refractivity (Wildman–Crippen MR) is 90.5 cm³/mol. The van der Waals surface area contributed by atoms with Gasteiger partial charge in [-0.1, -0.05) is 24.3 Å². The Kier molecular flexibility index (Phi) is 3.75. The molecule has 2 aromatic carbocycles. The van der Waals surface area contributed by atoms with E-state index in [1.807, 2.05) is 59.3 Å². The van der Waals surface area contributed by atoms with E-state index in [-0.39, 0.29) is 11.9 Å². The number of hydrogen-bond acceptors (Lipinski definition) is 3. The molecule has 0 spiro atoms. The Hall–Kier alpha value is -3.08. The maximum absolute atomic E-state index is 12.6. The summed E-state index contributed by atoms with van der Waals surface area (Å²) in [5.41, 5.74) is 2.66. The highest BCUT2D eigenvalue weighted by Crippen LogP contribution is 2.24. The Morgan fingerprint density at radius 3 is 3.00 bits per heavy atom. The first-order valence-corrected chi connectivity index (χ1v) is 7.89. The van der Waals surface area contributed by atoms with Crippen molar-refractivity contribution in [1.29, 1.82) is 0 Å². The van der Waals surface area contributed by atoms with Crippen LogP contribution in [0.2, 0.25) is 0 Å². The van der Waals surface area contributed by atoms with Crippen LogP contribution in [0.15, 0.2) is 67.3 Å². The number of ether oxygens (including phenoxy) is 1. The fraction of sp³-hybridized carbons (Fsp3) is 0.158. The smallest absolute Gasteiger partial charge is 0.251 e. The van der Waals surface area contributed by atoms with Gasteiger partial charge in [0.1, 0.15) is 12.4 Å². The van der Waals surface area contributed by atoms with Gasteiger partial charge in [-0.25, -0.2) is 4.98 Å². The number of nitrogens with zero attached hydrogens (tertiary/aromatic N) is 2. The number of nitrogens with one attached hydrogen (secondary N) is 1. The highest BCUT2D eigenvalue weighted by atomic mass is 16.5. The summed E-state index contributed by atoms with van der Waals surface area (Å²) in [6, 6.07) is 15.4. The fourth-order valence-corrected chi connectivity index (χ4v) is 2.91. The number of imidazole rings is 1. The number of benzene rings is 2. The predicted octanol–water partition coefficient (Wildman–Crippen LogP) is 2.61. The summed E-state index contributed by atoms with van der Waals surface area (Å²) < 4.78 is 7.60. The minimum atomic E-state index is -0.0926. The summed E-state index contributed by atoms with van der Waals surface area (Å²) >= 11 is 0. The van der Waals surface area contributed by atoms with Gasteiger partial charge < -0.3 is 14.6 Å². The van der Waals surface area contributed by atoms with Crippen LogP contribution in [-0.2, 0) is 6.42 Å². The third-order valence-corrected chi connectivity index (χ3v) is 4.13. The van der Waals surface area contributed by atoms with E-state index in [9.17, 15) is 4.79 Å². The van der Waals surface area contributed by atoms with E-state index in [0.29, 0.717) is 12.2 Å². The van der Waals surface area contributed by atoms with Crippen LogP contribution < -0.4 is 10.1 Å². The van der Waals surface area contributed by atoms with Crippen molar-refractivity contribution in [2.75, 3.05) is 6.61 Å². The first-order valence-electron chi connectivity index (χ1n) is 7.89. The molecule has 1 amide bonds. The van der Waals surface area contributed by atoms with Gasteiger partial charge in [0.2, 0.25) is 0 Å². The largest absolute Gasteiger partial charge is 0.491 e. The topological polar surface area (TPSA) is 56.1 Å². The summed E-state index contributed by atoms with van der Waals surface area (Å²) in [7, 11) is 0. The molecule has 3 aromatic rings. The van der Waals surface area contributed by atoms with Gasteiger partial charge in [-0.05, 0) is 36.2 Å². The van der Waals surface area contributed by atoms with Crippen molar-refractivity contribution in [3.05, 3.63) is 78.4 Å². The zero-order chi connectivity index (χ0) is 16.4.